The minimum atomic E-state index is 0.0312. The standard InChI is InChI=1S/C7H10N6S/c1-8-7(6-3-9-12-14-6)5-4-13(2)11-10-5/h3-4,7-8H,1-2H3. The first-order valence-corrected chi connectivity index (χ1v) is 4.89. The maximum absolute atomic E-state index is 4.04. The number of nitrogens with zero attached hydrogens (tertiary/aromatic N) is 5. The minimum Gasteiger partial charge on any atom is -0.307 e. The number of aromatic nitrogens is 5. The van der Waals surface area contributed by atoms with Gasteiger partial charge >= 0.3 is 0 Å². The molecule has 0 fully saturated rings. The molecule has 2 aromatic heterocycles. The Morgan fingerprint density at radius 1 is 1.57 bits per heavy atom. The van der Waals surface area contributed by atoms with Gasteiger partial charge in [0, 0.05) is 7.05 Å². The number of hydrogen-bond donors (Lipinski definition) is 1. The maximum Gasteiger partial charge on any atom is 0.105 e. The van der Waals surface area contributed by atoms with Gasteiger partial charge in [0.2, 0.25) is 0 Å². The van der Waals surface area contributed by atoms with Crippen LogP contribution in [-0.4, -0.2) is 31.6 Å². The van der Waals surface area contributed by atoms with Crippen LogP contribution in [0.2, 0.25) is 0 Å². The van der Waals surface area contributed by atoms with E-state index in [0.717, 1.165) is 10.6 Å². The van der Waals surface area contributed by atoms with Gasteiger partial charge in [-0.1, -0.05) is 9.70 Å². The van der Waals surface area contributed by atoms with Crippen molar-refractivity contribution < 1.29 is 0 Å². The lowest BCUT2D eigenvalue weighted by Gasteiger charge is -2.08. The molecule has 0 spiro atoms. The highest BCUT2D eigenvalue weighted by atomic mass is 32.1. The van der Waals surface area contributed by atoms with Crippen LogP contribution in [0.25, 0.3) is 0 Å². The molecule has 7 heteroatoms. The first kappa shape index (κ1) is 9.22. The molecule has 0 saturated carbocycles. The van der Waals surface area contributed by atoms with Crippen LogP contribution in [0, 0.1) is 0 Å². The van der Waals surface area contributed by atoms with Crippen molar-refractivity contribution in [1.29, 1.82) is 0 Å². The second-order valence-corrected chi connectivity index (χ2v) is 3.68. The van der Waals surface area contributed by atoms with Crippen LogP contribution in [-0.2, 0) is 7.05 Å². The van der Waals surface area contributed by atoms with Crippen molar-refractivity contribution in [1.82, 2.24) is 29.9 Å². The lowest BCUT2D eigenvalue weighted by atomic mass is 10.2. The van der Waals surface area contributed by atoms with Gasteiger partial charge in [0.25, 0.3) is 0 Å². The zero-order valence-electron chi connectivity index (χ0n) is 7.88. The van der Waals surface area contributed by atoms with Gasteiger partial charge < -0.3 is 5.32 Å². The molecule has 0 bridgehead atoms. The Bertz CT molecular complexity index is 394. The fourth-order valence-electron chi connectivity index (χ4n) is 1.24. The van der Waals surface area contributed by atoms with Crippen molar-refractivity contribution in [2.24, 2.45) is 7.05 Å². The van der Waals surface area contributed by atoms with E-state index in [2.05, 4.69) is 25.2 Å². The SMILES string of the molecule is CNC(c1cn(C)nn1)c1cnns1. The van der Waals surface area contributed by atoms with E-state index in [-0.39, 0.29) is 6.04 Å². The molecule has 6 nitrogen and oxygen atoms in total. The average molecular weight is 210 g/mol. The Labute approximate surface area is 85.1 Å². The first-order chi connectivity index (χ1) is 6.81. The fraction of sp³-hybridized carbons (Fsp3) is 0.429. The molecule has 0 aliphatic rings. The summed E-state index contributed by atoms with van der Waals surface area (Å²) in [6.07, 6.45) is 3.61. The monoisotopic (exact) mass is 210 g/mol. The van der Waals surface area contributed by atoms with E-state index in [9.17, 15) is 0 Å². The minimum absolute atomic E-state index is 0.0312. The third kappa shape index (κ3) is 1.64. The highest BCUT2D eigenvalue weighted by Crippen LogP contribution is 2.20. The molecule has 0 aliphatic heterocycles. The van der Waals surface area contributed by atoms with Crippen LogP contribution < -0.4 is 5.32 Å². The van der Waals surface area contributed by atoms with E-state index in [4.69, 9.17) is 0 Å². The summed E-state index contributed by atoms with van der Waals surface area (Å²) in [5.41, 5.74) is 0.876. The summed E-state index contributed by atoms with van der Waals surface area (Å²) in [6.45, 7) is 0. The Kier molecular flexibility index (Phi) is 2.51. The van der Waals surface area contributed by atoms with Crippen LogP contribution in [0.1, 0.15) is 16.6 Å². The molecule has 0 saturated heterocycles. The molecule has 2 aromatic rings. The van der Waals surface area contributed by atoms with E-state index in [0.29, 0.717) is 0 Å². The predicted molar refractivity (Wildman–Crippen MR) is 51.8 cm³/mol. The fourth-order valence-corrected chi connectivity index (χ4v) is 1.86. The molecule has 74 valence electrons. The zero-order chi connectivity index (χ0) is 9.97. The molecule has 0 amide bonds. The molecule has 2 rings (SSSR count). The van der Waals surface area contributed by atoms with Gasteiger partial charge in [-0.3, -0.25) is 4.68 Å². The van der Waals surface area contributed by atoms with Crippen molar-refractivity contribution in [3.63, 3.8) is 0 Å². The summed E-state index contributed by atoms with van der Waals surface area (Å²) in [4.78, 5) is 1.04. The van der Waals surface area contributed by atoms with Crippen LogP contribution >= 0.6 is 11.5 Å². The summed E-state index contributed by atoms with van der Waals surface area (Å²) in [6, 6.07) is 0.0312. The normalized spacial score (nSPS) is 13.0. The quantitative estimate of drug-likeness (QED) is 0.770. The van der Waals surface area contributed by atoms with E-state index in [1.54, 1.807) is 10.9 Å². The highest BCUT2D eigenvalue weighted by Gasteiger charge is 2.17. The number of nitrogens with one attached hydrogen (secondary N) is 1. The molecular weight excluding hydrogens is 200 g/mol. The summed E-state index contributed by atoms with van der Waals surface area (Å²) in [5.74, 6) is 0. The second-order valence-electron chi connectivity index (χ2n) is 2.86. The summed E-state index contributed by atoms with van der Waals surface area (Å²) >= 11 is 1.36. The highest BCUT2D eigenvalue weighted by molar-refractivity contribution is 7.05. The third-order valence-electron chi connectivity index (χ3n) is 1.87. The third-order valence-corrected chi connectivity index (χ3v) is 2.60. The van der Waals surface area contributed by atoms with Gasteiger partial charge in [-0.2, -0.15) is 0 Å². The van der Waals surface area contributed by atoms with E-state index in [1.807, 2.05) is 20.3 Å². The Balaban J connectivity index is 2.31. The first-order valence-electron chi connectivity index (χ1n) is 4.12. The van der Waals surface area contributed by atoms with Gasteiger partial charge in [0.1, 0.15) is 5.69 Å². The molecule has 0 aromatic carbocycles. The van der Waals surface area contributed by atoms with Crippen LogP contribution in [0.4, 0.5) is 0 Å². The lowest BCUT2D eigenvalue weighted by Crippen LogP contribution is -2.16. The van der Waals surface area contributed by atoms with Gasteiger partial charge in [0.15, 0.2) is 0 Å². The van der Waals surface area contributed by atoms with E-state index < -0.39 is 0 Å². The molecule has 1 unspecified atom stereocenters. The molecular formula is C7H10N6S. The molecule has 1 atom stereocenters. The zero-order valence-corrected chi connectivity index (χ0v) is 8.69. The van der Waals surface area contributed by atoms with E-state index >= 15 is 0 Å². The average Bonchev–Trinajstić information content (AvgIpc) is 2.79. The van der Waals surface area contributed by atoms with Crippen molar-refractivity contribution in [3.05, 3.63) is 23.0 Å². The number of aryl methyl sites for hydroxylation is 1. The van der Waals surface area contributed by atoms with Gasteiger partial charge in [-0.05, 0) is 18.6 Å². The summed E-state index contributed by atoms with van der Waals surface area (Å²) in [7, 11) is 3.72. The van der Waals surface area contributed by atoms with Gasteiger partial charge in [-0.25, -0.2) is 0 Å². The van der Waals surface area contributed by atoms with Crippen molar-refractivity contribution in [2.45, 2.75) is 6.04 Å². The van der Waals surface area contributed by atoms with Crippen molar-refractivity contribution in [3.8, 4) is 0 Å². The second kappa shape index (κ2) is 3.81. The van der Waals surface area contributed by atoms with Crippen LogP contribution in [0.3, 0.4) is 0 Å². The number of rotatable bonds is 3. The molecule has 14 heavy (non-hydrogen) atoms. The van der Waals surface area contributed by atoms with Crippen LogP contribution in [0.15, 0.2) is 12.4 Å². The van der Waals surface area contributed by atoms with Gasteiger partial charge in [-0.15, -0.1) is 10.2 Å². The Hall–Kier alpha value is -1.34. The lowest BCUT2D eigenvalue weighted by molar-refractivity contribution is 0.672. The van der Waals surface area contributed by atoms with Crippen molar-refractivity contribution >= 4 is 11.5 Å². The topological polar surface area (TPSA) is 68.5 Å². The smallest absolute Gasteiger partial charge is 0.105 e. The van der Waals surface area contributed by atoms with E-state index in [1.165, 1.54) is 11.5 Å². The maximum atomic E-state index is 4.04. The molecule has 1 N–H and O–H groups in total. The molecule has 2 heterocycles. The summed E-state index contributed by atoms with van der Waals surface area (Å²) in [5, 5.41) is 14.9. The predicted octanol–water partition coefficient (Wildman–Crippen LogP) is -0.0246. The Morgan fingerprint density at radius 3 is 2.93 bits per heavy atom. The Morgan fingerprint density at radius 2 is 2.43 bits per heavy atom. The largest absolute Gasteiger partial charge is 0.307 e. The summed E-state index contributed by atoms with van der Waals surface area (Å²) < 4.78 is 5.49. The van der Waals surface area contributed by atoms with Crippen molar-refractivity contribution in [2.75, 3.05) is 7.05 Å². The molecule has 0 aliphatic carbocycles. The number of hydrogen-bond acceptors (Lipinski definition) is 6. The molecule has 0 radical (unpaired) electrons. The van der Waals surface area contributed by atoms with Crippen LogP contribution in [0.5, 0.6) is 0 Å². The van der Waals surface area contributed by atoms with Gasteiger partial charge in [0.05, 0.1) is 23.3 Å².